The molecule has 3 heteroatoms. The molecule has 1 aromatic carbocycles. The van der Waals surface area contributed by atoms with Crippen molar-refractivity contribution >= 4 is 16.9 Å². The minimum atomic E-state index is -0.131. The average molecular weight is 609 g/mol. The van der Waals surface area contributed by atoms with Gasteiger partial charge in [-0.25, -0.2) is 5.84 Å². The van der Waals surface area contributed by atoms with Crippen LogP contribution in [0.3, 0.4) is 0 Å². The maximum atomic E-state index is 6.70. The lowest BCUT2D eigenvalue weighted by Gasteiger charge is -2.22. The summed E-state index contributed by atoms with van der Waals surface area (Å²) in [5.74, 6) is 6.70. The van der Waals surface area contributed by atoms with Crippen LogP contribution in [-0.2, 0) is 0 Å². The summed E-state index contributed by atoms with van der Waals surface area (Å²) in [5.41, 5.74) is 18.5. The Balaban J connectivity index is 1.38. The molecule has 0 unspecified atom stereocenters. The van der Waals surface area contributed by atoms with Gasteiger partial charge in [0.05, 0.1) is 11.1 Å². The molecule has 236 valence electrons. The minimum absolute atomic E-state index is 0.127. The summed E-state index contributed by atoms with van der Waals surface area (Å²) in [6, 6.07) is 8.82. The second-order valence-corrected chi connectivity index (χ2v) is 14.4. The molecule has 46 heavy (non-hydrogen) atoms. The number of benzene rings is 1. The van der Waals surface area contributed by atoms with Crippen LogP contribution >= 0.6 is 0 Å². The number of allylic oxidation sites excluding steroid dienone is 16. The fourth-order valence-electron chi connectivity index (χ4n) is 7.80. The number of hydrazine groups is 1. The Labute approximate surface area is 276 Å². The molecule has 6 rings (SSSR count). The predicted octanol–water partition coefficient (Wildman–Crippen LogP) is 10.3. The van der Waals surface area contributed by atoms with Gasteiger partial charge in [0.15, 0.2) is 5.71 Å². The molecule has 2 heterocycles. The maximum absolute atomic E-state index is 6.70. The van der Waals surface area contributed by atoms with Crippen LogP contribution in [-0.4, -0.2) is 21.8 Å². The van der Waals surface area contributed by atoms with Gasteiger partial charge in [-0.2, -0.15) is 4.58 Å². The number of nitrogens with zero attached hydrogens (tertiary/aromatic N) is 2. The summed E-state index contributed by atoms with van der Waals surface area (Å²) in [6.45, 7) is 18.8. The molecule has 3 nitrogen and oxygen atoms in total. The molecule has 2 N–H and O–H groups in total. The zero-order valence-corrected chi connectivity index (χ0v) is 28.7. The molecule has 0 aromatic heterocycles. The highest BCUT2D eigenvalue weighted by molar-refractivity contribution is 6.07. The van der Waals surface area contributed by atoms with Gasteiger partial charge in [0.25, 0.3) is 5.70 Å². The highest BCUT2D eigenvalue weighted by atomic mass is 15.4. The van der Waals surface area contributed by atoms with Gasteiger partial charge in [0, 0.05) is 29.2 Å². The molecule has 1 saturated heterocycles. The van der Waals surface area contributed by atoms with Crippen molar-refractivity contribution < 1.29 is 4.58 Å². The van der Waals surface area contributed by atoms with E-state index in [1.165, 1.54) is 68.8 Å². The van der Waals surface area contributed by atoms with Crippen LogP contribution in [0.25, 0.3) is 11.1 Å². The van der Waals surface area contributed by atoms with E-state index in [0.717, 1.165) is 43.6 Å². The molecular formula is C43H50N3+. The zero-order valence-electron chi connectivity index (χ0n) is 28.7. The third-order valence-corrected chi connectivity index (χ3v) is 10.4. The van der Waals surface area contributed by atoms with E-state index in [-0.39, 0.29) is 10.8 Å². The van der Waals surface area contributed by atoms with Crippen molar-refractivity contribution in [2.24, 2.45) is 16.7 Å². The van der Waals surface area contributed by atoms with Crippen LogP contribution in [0.2, 0.25) is 0 Å². The van der Waals surface area contributed by atoms with E-state index in [1.54, 1.807) is 0 Å². The molecule has 3 aliphatic carbocycles. The fraction of sp³-hybridized carbons (Fsp3) is 0.349. The van der Waals surface area contributed by atoms with E-state index in [4.69, 9.17) is 5.84 Å². The molecule has 0 amide bonds. The Bertz CT molecular complexity index is 1830. The Kier molecular flexibility index (Phi) is 8.68. The summed E-state index contributed by atoms with van der Waals surface area (Å²) in [5, 5.41) is 1.91. The number of nitrogens with two attached hydrogens (primary N) is 1. The Morgan fingerprint density at radius 1 is 0.957 bits per heavy atom. The lowest BCUT2D eigenvalue weighted by molar-refractivity contribution is -0.468. The summed E-state index contributed by atoms with van der Waals surface area (Å²) >= 11 is 0. The number of unbranched alkanes of at least 4 members (excludes halogenated alkanes) is 2. The third-order valence-electron chi connectivity index (χ3n) is 10.4. The molecule has 2 aliphatic heterocycles. The molecule has 5 aliphatic rings. The number of hydrogen-bond donors (Lipinski definition) is 1. The van der Waals surface area contributed by atoms with Gasteiger partial charge < -0.3 is 0 Å². The maximum Gasteiger partial charge on any atom is 0.253 e. The molecule has 0 bridgehead atoms. The Morgan fingerprint density at radius 2 is 1.72 bits per heavy atom. The van der Waals surface area contributed by atoms with Gasteiger partial charge in [-0.05, 0) is 117 Å². The van der Waals surface area contributed by atoms with Crippen LogP contribution in [0.4, 0.5) is 0 Å². The Hall–Kier alpha value is -4.17. The second kappa shape index (κ2) is 12.6. The monoisotopic (exact) mass is 608 g/mol. The second-order valence-electron chi connectivity index (χ2n) is 14.4. The number of fused-ring (bicyclic) bond motifs is 3. The van der Waals surface area contributed by atoms with Crippen molar-refractivity contribution in [1.82, 2.24) is 5.01 Å². The van der Waals surface area contributed by atoms with Crippen LogP contribution < -0.4 is 5.84 Å². The van der Waals surface area contributed by atoms with E-state index in [9.17, 15) is 0 Å². The summed E-state index contributed by atoms with van der Waals surface area (Å²) in [4.78, 5) is 0. The van der Waals surface area contributed by atoms with Crippen molar-refractivity contribution in [2.75, 3.05) is 6.54 Å². The minimum Gasteiger partial charge on any atom is -0.283 e. The van der Waals surface area contributed by atoms with E-state index in [2.05, 4.69) is 143 Å². The highest BCUT2D eigenvalue weighted by Crippen LogP contribution is 2.50. The lowest BCUT2D eigenvalue weighted by Crippen LogP contribution is -2.26. The third kappa shape index (κ3) is 5.57. The summed E-state index contributed by atoms with van der Waals surface area (Å²) in [6.07, 6.45) is 29.3. The first-order valence-corrected chi connectivity index (χ1v) is 17.0. The van der Waals surface area contributed by atoms with Crippen LogP contribution in [0.1, 0.15) is 91.2 Å². The number of rotatable bonds is 9. The molecule has 0 saturated carbocycles. The summed E-state index contributed by atoms with van der Waals surface area (Å²) in [7, 11) is 0. The van der Waals surface area contributed by atoms with Crippen LogP contribution in [0.5, 0.6) is 0 Å². The largest absolute Gasteiger partial charge is 0.283 e. The quantitative estimate of drug-likeness (QED) is 0.0995. The number of hydrogen-bond acceptors (Lipinski definition) is 2. The molecule has 0 atom stereocenters. The van der Waals surface area contributed by atoms with Crippen molar-refractivity contribution in [3.8, 4) is 0 Å². The van der Waals surface area contributed by atoms with Gasteiger partial charge in [0.2, 0.25) is 0 Å². The predicted molar refractivity (Wildman–Crippen MR) is 195 cm³/mol. The zero-order chi connectivity index (χ0) is 32.6. The standard InChI is InChI=1S/C43H50N3/c1-30(2)18-10-9-17-29-45-38-23-12-8-11-21-36(38)42(4,5)40(45)27-25-32-31(3)33(35-20-14-13-19-34(32)35)26-28-41-43(6,7)37-22-15-16-24-39(37)46(41)44/h8,11-14,19-22,24-28H,1,9-10,15-18,29,44H2,2-7H3/q+1. The van der Waals surface area contributed by atoms with Crippen LogP contribution in [0.15, 0.2) is 137 Å². The average Bonchev–Trinajstić information content (AvgIpc) is 3.34. The SMILES string of the molecule is C=C(C)CCCCC[N+]1=C(/C=C/C2=C(C)C(=C/C=C3/N(N)C4=CCCC=C4C3(C)C)/c3ccccc32)C(C)(C)C2=CC=CC=C=C21. The van der Waals surface area contributed by atoms with Gasteiger partial charge in [-0.1, -0.05) is 80.1 Å². The highest BCUT2D eigenvalue weighted by Gasteiger charge is 2.47. The molecule has 1 aromatic rings. The van der Waals surface area contributed by atoms with Gasteiger partial charge >= 0.3 is 0 Å². The van der Waals surface area contributed by atoms with E-state index in [1.807, 2.05) is 5.01 Å². The summed E-state index contributed by atoms with van der Waals surface area (Å²) < 4.78 is 2.52. The smallest absolute Gasteiger partial charge is 0.253 e. The fourth-order valence-corrected chi connectivity index (χ4v) is 7.80. The van der Waals surface area contributed by atoms with Crippen molar-refractivity contribution in [3.63, 3.8) is 0 Å². The van der Waals surface area contributed by atoms with E-state index >= 15 is 0 Å². The first kappa shape index (κ1) is 31.8. The van der Waals surface area contributed by atoms with E-state index < -0.39 is 0 Å². The first-order valence-electron chi connectivity index (χ1n) is 17.0. The molecule has 1 fully saturated rings. The van der Waals surface area contributed by atoms with Crippen LogP contribution in [0, 0.1) is 10.8 Å². The first-order chi connectivity index (χ1) is 22.0. The van der Waals surface area contributed by atoms with E-state index in [0.29, 0.717) is 0 Å². The molecule has 0 spiro atoms. The van der Waals surface area contributed by atoms with Crippen molar-refractivity contribution in [3.05, 3.63) is 148 Å². The van der Waals surface area contributed by atoms with Gasteiger partial charge in [0.1, 0.15) is 6.54 Å². The lowest BCUT2D eigenvalue weighted by atomic mass is 9.80. The van der Waals surface area contributed by atoms with Gasteiger partial charge in [-0.15, -0.1) is 6.58 Å². The topological polar surface area (TPSA) is 32.3 Å². The van der Waals surface area contributed by atoms with Gasteiger partial charge in [-0.3, -0.25) is 5.01 Å². The molecule has 0 radical (unpaired) electrons. The molecular weight excluding hydrogens is 558 g/mol. The normalized spacial score (nSPS) is 22.7. The van der Waals surface area contributed by atoms with Crippen molar-refractivity contribution in [2.45, 2.75) is 80.1 Å². The van der Waals surface area contributed by atoms with Crippen molar-refractivity contribution in [1.29, 1.82) is 0 Å². The Morgan fingerprint density at radius 3 is 2.48 bits per heavy atom.